The number of hydrogen-bond donors (Lipinski definition) is 0. The van der Waals surface area contributed by atoms with Gasteiger partial charge in [0.05, 0.1) is 0 Å². The van der Waals surface area contributed by atoms with Gasteiger partial charge in [0.1, 0.15) is 7.85 Å². The molecule has 0 aliphatic rings. The normalized spacial score (nSPS) is 16.5. The van der Waals surface area contributed by atoms with E-state index in [1.807, 2.05) is 0 Å². The van der Waals surface area contributed by atoms with Gasteiger partial charge in [-0.2, -0.15) is 0 Å². The summed E-state index contributed by atoms with van der Waals surface area (Å²) in [5.74, 6) is 0.761. The Labute approximate surface area is 124 Å². The van der Waals surface area contributed by atoms with E-state index in [4.69, 9.17) is 0 Å². The zero-order valence-electron chi connectivity index (χ0n) is 15.7. The van der Waals surface area contributed by atoms with Crippen molar-refractivity contribution in [1.82, 2.24) is 0 Å². The topological polar surface area (TPSA) is 0 Å². The minimum Gasteiger partial charge on any atom is -0.0644 e. The van der Waals surface area contributed by atoms with Crippen LogP contribution in [0.25, 0.3) is 0 Å². The summed E-state index contributed by atoms with van der Waals surface area (Å²) in [5, 5.41) is 0. The van der Waals surface area contributed by atoms with Crippen LogP contribution >= 0.6 is 0 Å². The summed E-state index contributed by atoms with van der Waals surface area (Å²) in [6.07, 6.45) is 3.95. The maximum Gasteiger partial charge on any atom is 0.106 e. The molecule has 0 aliphatic heterocycles. The molecule has 0 rings (SSSR count). The molecule has 0 aromatic carbocycles. The van der Waals surface area contributed by atoms with Crippen LogP contribution in [0, 0.1) is 21.7 Å². The molecule has 0 amide bonds. The highest BCUT2D eigenvalue weighted by molar-refractivity contribution is 6.12. The third kappa shape index (κ3) is 6.36. The molecule has 0 aliphatic carbocycles. The molecule has 1 atom stereocenters. The van der Waals surface area contributed by atoms with Crippen LogP contribution in [0.4, 0.5) is 0 Å². The van der Waals surface area contributed by atoms with Gasteiger partial charge in [-0.3, -0.25) is 0 Å². The van der Waals surface area contributed by atoms with Crippen molar-refractivity contribution in [3.63, 3.8) is 0 Å². The Morgan fingerprint density at radius 3 is 1.42 bits per heavy atom. The van der Waals surface area contributed by atoms with Gasteiger partial charge < -0.3 is 0 Å². The first-order chi connectivity index (χ1) is 8.08. The lowest BCUT2D eigenvalue weighted by molar-refractivity contribution is 0.0622. The monoisotopic (exact) mass is 266 g/mol. The summed E-state index contributed by atoms with van der Waals surface area (Å²) >= 11 is 0. The number of rotatable bonds is 5. The second-order valence-electron chi connectivity index (χ2n) is 10.3. The Morgan fingerprint density at radius 2 is 1.11 bits per heavy atom. The Morgan fingerprint density at radius 1 is 0.684 bits per heavy atom. The summed E-state index contributed by atoms with van der Waals surface area (Å²) in [6, 6.07) is 0. The van der Waals surface area contributed by atoms with Gasteiger partial charge in [0, 0.05) is 0 Å². The van der Waals surface area contributed by atoms with Crippen molar-refractivity contribution in [3.8, 4) is 0 Å². The van der Waals surface area contributed by atoms with Crippen LogP contribution in [0.15, 0.2) is 0 Å². The average Bonchev–Trinajstić information content (AvgIpc) is 2.11. The first-order valence-electron chi connectivity index (χ1n) is 8.08. The predicted molar refractivity (Wildman–Crippen MR) is 92.6 cm³/mol. The van der Waals surface area contributed by atoms with E-state index < -0.39 is 0 Å². The van der Waals surface area contributed by atoms with Crippen LogP contribution in [0.3, 0.4) is 0 Å². The standard InChI is InChI=1S/C18H39B/c1-15(2,3)11-12-17(7,8)18(9,10)13-14(19)16(4,5)6/h14H,11-13,19H2,1-10H3. The van der Waals surface area contributed by atoms with Gasteiger partial charge in [-0.05, 0) is 34.5 Å². The molecule has 1 heteroatoms. The first kappa shape index (κ1) is 19.1. The van der Waals surface area contributed by atoms with Crippen LogP contribution in [-0.4, -0.2) is 7.85 Å². The van der Waals surface area contributed by atoms with Crippen LogP contribution in [0.5, 0.6) is 0 Å². The van der Waals surface area contributed by atoms with Crippen molar-refractivity contribution in [2.75, 3.05) is 0 Å². The van der Waals surface area contributed by atoms with E-state index in [0.717, 1.165) is 5.82 Å². The van der Waals surface area contributed by atoms with Gasteiger partial charge in [0.2, 0.25) is 0 Å². The third-order valence-electron chi connectivity index (χ3n) is 5.63. The van der Waals surface area contributed by atoms with E-state index in [1.54, 1.807) is 0 Å². The van der Waals surface area contributed by atoms with Gasteiger partial charge >= 0.3 is 0 Å². The average molecular weight is 266 g/mol. The summed E-state index contributed by atoms with van der Waals surface area (Å²) in [6.45, 7) is 24.1. The van der Waals surface area contributed by atoms with Crippen LogP contribution in [0.1, 0.15) is 88.5 Å². The van der Waals surface area contributed by atoms with Gasteiger partial charge in [0.15, 0.2) is 0 Å². The molecule has 0 saturated carbocycles. The van der Waals surface area contributed by atoms with Crippen LogP contribution in [-0.2, 0) is 0 Å². The summed E-state index contributed by atoms with van der Waals surface area (Å²) in [5.41, 5.74) is 1.66. The van der Waals surface area contributed by atoms with Crippen molar-refractivity contribution >= 4 is 7.85 Å². The molecular formula is C18H39B. The highest BCUT2D eigenvalue weighted by Gasteiger charge is 2.39. The molecule has 114 valence electrons. The van der Waals surface area contributed by atoms with Gasteiger partial charge in [0.25, 0.3) is 0 Å². The molecule has 0 bridgehead atoms. The highest BCUT2D eigenvalue weighted by atomic mass is 14.4. The highest BCUT2D eigenvalue weighted by Crippen LogP contribution is 2.50. The summed E-state index contributed by atoms with van der Waals surface area (Å²) in [4.78, 5) is 0. The van der Waals surface area contributed by atoms with E-state index in [0.29, 0.717) is 21.7 Å². The Kier molecular flexibility index (Phi) is 5.84. The van der Waals surface area contributed by atoms with Gasteiger partial charge in [-0.15, -0.1) is 0 Å². The molecule has 0 heterocycles. The van der Waals surface area contributed by atoms with Crippen molar-refractivity contribution < 1.29 is 0 Å². The quantitative estimate of drug-likeness (QED) is 0.558. The Bertz CT molecular complexity index is 273. The molecular weight excluding hydrogens is 227 g/mol. The van der Waals surface area contributed by atoms with Gasteiger partial charge in [-0.25, -0.2) is 0 Å². The molecule has 0 radical (unpaired) electrons. The second-order valence-corrected chi connectivity index (χ2v) is 10.3. The lowest BCUT2D eigenvalue weighted by Crippen LogP contribution is -2.36. The SMILES string of the molecule is BC(CC(C)(C)C(C)(C)CCC(C)(C)C)C(C)(C)C. The van der Waals surface area contributed by atoms with Crippen LogP contribution < -0.4 is 0 Å². The maximum atomic E-state index is 2.47. The molecule has 0 saturated heterocycles. The Balaban J connectivity index is 4.78. The van der Waals surface area contributed by atoms with Crippen LogP contribution in [0.2, 0.25) is 5.82 Å². The predicted octanol–water partition coefficient (Wildman–Crippen LogP) is 5.72. The summed E-state index contributed by atoms with van der Waals surface area (Å²) < 4.78 is 0. The maximum absolute atomic E-state index is 2.47. The van der Waals surface area contributed by atoms with E-state index >= 15 is 0 Å². The second kappa shape index (κ2) is 5.82. The molecule has 19 heavy (non-hydrogen) atoms. The van der Waals surface area contributed by atoms with E-state index in [1.165, 1.54) is 19.3 Å². The molecule has 0 nitrogen and oxygen atoms in total. The summed E-state index contributed by atoms with van der Waals surface area (Å²) in [7, 11) is 2.42. The Hall–Kier alpha value is 0.0649. The van der Waals surface area contributed by atoms with E-state index in [-0.39, 0.29) is 0 Å². The van der Waals surface area contributed by atoms with E-state index in [9.17, 15) is 0 Å². The van der Waals surface area contributed by atoms with Crippen molar-refractivity contribution in [2.45, 2.75) is 94.3 Å². The molecule has 0 spiro atoms. The van der Waals surface area contributed by atoms with Crippen molar-refractivity contribution in [1.29, 1.82) is 0 Å². The lowest BCUT2D eigenvalue weighted by atomic mass is 9.55. The molecule has 0 aromatic rings. The minimum atomic E-state index is 0.394. The van der Waals surface area contributed by atoms with Crippen molar-refractivity contribution in [3.05, 3.63) is 0 Å². The molecule has 0 fully saturated rings. The smallest absolute Gasteiger partial charge is 0.0644 e. The fraction of sp³-hybridized carbons (Fsp3) is 1.00. The largest absolute Gasteiger partial charge is 0.106 e. The zero-order chi connectivity index (χ0) is 15.7. The van der Waals surface area contributed by atoms with E-state index in [2.05, 4.69) is 77.1 Å². The van der Waals surface area contributed by atoms with Gasteiger partial charge in [-0.1, -0.05) is 81.5 Å². The first-order valence-corrected chi connectivity index (χ1v) is 8.08. The molecule has 0 aromatic heterocycles. The lowest BCUT2D eigenvalue weighted by Gasteiger charge is -2.46. The molecule has 0 N–H and O–H groups in total. The van der Waals surface area contributed by atoms with Crippen molar-refractivity contribution in [2.24, 2.45) is 21.7 Å². The fourth-order valence-corrected chi connectivity index (χ4v) is 2.37. The zero-order valence-corrected chi connectivity index (χ0v) is 15.7. The number of hydrogen-bond acceptors (Lipinski definition) is 0. The minimum absolute atomic E-state index is 0.394. The third-order valence-corrected chi connectivity index (χ3v) is 5.63. The molecule has 1 unspecified atom stereocenters. The fourth-order valence-electron chi connectivity index (χ4n) is 2.37.